The molecule has 1 fully saturated rings. The molecule has 0 aliphatic carbocycles. The Labute approximate surface area is 134 Å². The molecule has 7 nitrogen and oxygen atoms in total. The van der Waals surface area contributed by atoms with Crippen molar-refractivity contribution in [2.24, 2.45) is 7.05 Å². The van der Waals surface area contributed by atoms with E-state index >= 15 is 0 Å². The van der Waals surface area contributed by atoms with Crippen LogP contribution in [0.25, 0.3) is 11.5 Å². The summed E-state index contributed by atoms with van der Waals surface area (Å²) < 4.78 is 13.4. The zero-order chi connectivity index (χ0) is 16.8. The van der Waals surface area contributed by atoms with Crippen LogP contribution in [0.4, 0.5) is 0 Å². The van der Waals surface area contributed by atoms with Gasteiger partial charge >= 0.3 is 7.12 Å². The molecule has 0 amide bonds. The second kappa shape index (κ2) is 5.24. The highest BCUT2D eigenvalue weighted by atomic mass is 16.7. The summed E-state index contributed by atoms with van der Waals surface area (Å²) in [5.41, 5.74) is 0.257. The van der Waals surface area contributed by atoms with E-state index < -0.39 is 18.3 Å². The quantitative estimate of drug-likeness (QED) is 0.753. The zero-order valence-electron chi connectivity index (χ0n) is 13.9. The average molecular weight is 314 g/mol. The number of hydrogen-bond acceptors (Lipinski definition) is 6. The minimum Gasteiger partial charge on any atom is -0.399 e. The van der Waals surface area contributed by atoms with E-state index in [-0.39, 0.29) is 5.56 Å². The zero-order valence-corrected chi connectivity index (χ0v) is 13.9. The summed E-state index contributed by atoms with van der Waals surface area (Å²) in [5.74, 6) is 0.429. The van der Waals surface area contributed by atoms with Crippen LogP contribution in [0.3, 0.4) is 0 Å². The summed E-state index contributed by atoms with van der Waals surface area (Å²) in [4.78, 5) is 24.2. The van der Waals surface area contributed by atoms with Gasteiger partial charge in [-0.2, -0.15) is 0 Å². The van der Waals surface area contributed by atoms with Gasteiger partial charge in [-0.25, -0.2) is 9.97 Å². The van der Waals surface area contributed by atoms with Crippen molar-refractivity contribution in [2.75, 3.05) is 0 Å². The fourth-order valence-corrected chi connectivity index (χ4v) is 2.24. The SMILES string of the molecule is Cn1c(-c2ncc(B3OC(C)(C)C(C)(C)O3)cn2)cncc1=O. The molecule has 2 aromatic heterocycles. The molecule has 1 saturated heterocycles. The molecule has 3 heterocycles. The standard InChI is InChI=1S/C15H19BN4O3/c1-14(2)15(3,4)23-16(22-14)10-6-18-13(19-7-10)11-8-17-9-12(21)20(11)5/h6-9H,1-5H3. The van der Waals surface area contributed by atoms with Crippen LogP contribution < -0.4 is 11.0 Å². The molecule has 120 valence electrons. The van der Waals surface area contributed by atoms with Crippen LogP contribution in [0.2, 0.25) is 0 Å². The lowest BCUT2D eigenvalue weighted by Crippen LogP contribution is -2.41. The molecule has 0 aromatic carbocycles. The van der Waals surface area contributed by atoms with Crippen LogP contribution in [0, 0.1) is 0 Å². The number of aromatic nitrogens is 4. The smallest absolute Gasteiger partial charge is 0.399 e. The first-order valence-electron chi connectivity index (χ1n) is 7.40. The highest BCUT2D eigenvalue weighted by Gasteiger charge is 2.51. The van der Waals surface area contributed by atoms with Gasteiger partial charge in [0.2, 0.25) is 0 Å². The van der Waals surface area contributed by atoms with Crippen molar-refractivity contribution < 1.29 is 9.31 Å². The lowest BCUT2D eigenvalue weighted by Gasteiger charge is -2.32. The van der Waals surface area contributed by atoms with Gasteiger partial charge in [0.15, 0.2) is 5.82 Å². The van der Waals surface area contributed by atoms with E-state index in [1.807, 2.05) is 27.7 Å². The van der Waals surface area contributed by atoms with Crippen molar-refractivity contribution in [2.45, 2.75) is 38.9 Å². The maximum absolute atomic E-state index is 11.6. The van der Waals surface area contributed by atoms with Gasteiger partial charge in [-0.15, -0.1) is 0 Å². The largest absolute Gasteiger partial charge is 0.498 e. The maximum atomic E-state index is 11.6. The Hall–Kier alpha value is -2.06. The van der Waals surface area contributed by atoms with E-state index in [1.165, 1.54) is 10.8 Å². The molecular formula is C15H19BN4O3. The van der Waals surface area contributed by atoms with Crippen LogP contribution in [-0.4, -0.2) is 37.8 Å². The van der Waals surface area contributed by atoms with Crippen LogP contribution in [0.15, 0.2) is 29.6 Å². The Balaban J connectivity index is 1.89. The van der Waals surface area contributed by atoms with Crippen molar-refractivity contribution in [3.8, 4) is 11.5 Å². The number of nitrogens with zero attached hydrogens (tertiary/aromatic N) is 4. The average Bonchev–Trinajstić information content (AvgIpc) is 2.71. The first-order valence-corrected chi connectivity index (χ1v) is 7.40. The highest BCUT2D eigenvalue weighted by Crippen LogP contribution is 2.36. The molecule has 0 radical (unpaired) electrons. The van der Waals surface area contributed by atoms with Crippen LogP contribution in [0.1, 0.15) is 27.7 Å². The van der Waals surface area contributed by atoms with Gasteiger partial charge in [0, 0.05) is 24.9 Å². The number of rotatable bonds is 2. The molecule has 2 aromatic rings. The minimum atomic E-state index is -0.508. The van der Waals surface area contributed by atoms with Crippen molar-refractivity contribution in [1.29, 1.82) is 0 Å². The van der Waals surface area contributed by atoms with Gasteiger partial charge in [0.05, 0.1) is 23.6 Å². The first-order chi connectivity index (χ1) is 10.7. The lowest BCUT2D eigenvalue weighted by molar-refractivity contribution is 0.00578. The molecule has 3 rings (SSSR count). The second-order valence-corrected chi connectivity index (χ2v) is 6.62. The summed E-state index contributed by atoms with van der Waals surface area (Å²) in [7, 11) is 1.15. The van der Waals surface area contributed by atoms with Gasteiger partial charge in [-0.1, -0.05) is 0 Å². The van der Waals surface area contributed by atoms with Gasteiger partial charge in [0.1, 0.15) is 5.69 Å². The Morgan fingerprint density at radius 3 is 2.13 bits per heavy atom. The molecule has 0 atom stereocenters. The molecule has 1 aliphatic heterocycles. The third-order valence-electron chi connectivity index (χ3n) is 4.50. The highest BCUT2D eigenvalue weighted by molar-refractivity contribution is 6.61. The van der Waals surface area contributed by atoms with Crippen LogP contribution in [-0.2, 0) is 16.4 Å². The van der Waals surface area contributed by atoms with Gasteiger partial charge < -0.3 is 13.9 Å². The molecule has 23 heavy (non-hydrogen) atoms. The van der Waals surface area contributed by atoms with Crippen LogP contribution in [0.5, 0.6) is 0 Å². The van der Waals surface area contributed by atoms with Gasteiger partial charge in [-0.05, 0) is 27.7 Å². The fraction of sp³-hybridized carbons (Fsp3) is 0.467. The van der Waals surface area contributed by atoms with E-state index in [9.17, 15) is 4.79 Å². The summed E-state index contributed by atoms with van der Waals surface area (Å²) in [5, 5.41) is 0. The summed E-state index contributed by atoms with van der Waals surface area (Å²) in [6.07, 6.45) is 6.12. The Bertz CT molecular complexity index is 770. The lowest BCUT2D eigenvalue weighted by atomic mass is 9.81. The maximum Gasteiger partial charge on any atom is 0.498 e. The topological polar surface area (TPSA) is 79.1 Å². The van der Waals surface area contributed by atoms with Gasteiger partial charge in [-0.3, -0.25) is 9.78 Å². The van der Waals surface area contributed by atoms with Crippen molar-refractivity contribution in [3.05, 3.63) is 35.1 Å². The molecular weight excluding hydrogens is 295 g/mol. The Kier molecular flexibility index (Phi) is 3.61. The van der Waals surface area contributed by atoms with Crippen molar-refractivity contribution in [1.82, 2.24) is 19.5 Å². The second-order valence-electron chi connectivity index (χ2n) is 6.62. The minimum absolute atomic E-state index is 0.207. The fourth-order valence-electron chi connectivity index (χ4n) is 2.24. The van der Waals surface area contributed by atoms with Crippen LogP contribution >= 0.6 is 0 Å². The third kappa shape index (κ3) is 2.68. The van der Waals surface area contributed by atoms with E-state index in [2.05, 4.69) is 15.0 Å². The number of hydrogen-bond donors (Lipinski definition) is 0. The normalized spacial score (nSPS) is 19.1. The predicted molar refractivity (Wildman–Crippen MR) is 86.2 cm³/mol. The van der Waals surface area contributed by atoms with E-state index in [4.69, 9.17) is 9.31 Å². The Morgan fingerprint density at radius 1 is 1.00 bits per heavy atom. The molecule has 8 heteroatoms. The third-order valence-corrected chi connectivity index (χ3v) is 4.50. The molecule has 0 bridgehead atoms. The molecule has 0 spiro atoms. The first kappa shape index (κ1) is 15.8. The summed E-state index contributed by atoms with van der Waals surface area (Å²) >= 11 is 0. The van der Waals surface area contributed by atoms with E-state index in [0.29, 0.717) is 11.5 Å². The predicted octanol–water partition coefficient (Wildman–Crippen LogP) is 0.536. The molecule has 0 N–H and O–H groups in total. The monoisotopic (exact) mass is 314 g/mol. The Morgan fingerprint density at radius 2 is 1.57 bits per heavy atom. The molecule has 0 saturated carbocycles. The summed E-state index contributed by atoms with van der Waals surface area (Å²) in [6, 6.07) is 0. The van der Waals surface area contributed by atoms with E-state index in [0.717, 1.165) is 5.46 Å². The van der Waals surface area contributed by atoms with E-state index in [1.54, 1.807) is 25.6 Å². The molecule has 1 aliphatic rings. The van der Waals surface area contributed by atoms with Crippen molar-refractivity contribution >= 4 is 12.6 Å². The van der Waals surface area contributed by atoms with Gasteiger partial charge in [0.25, 0.3) is 5.56 Å². The summed E-state index contributed by atoms with van der Waals surface area (Å²) in [6.45, 7) is 7.97. The van der Waals surface area contributed by atoms with Crippen molar-refractivity contribution in [3.63, 3.8) is 0 Å². The molecule has 0 unspecified atom stereocenters.